The zero-order chi connectivity index (χ0) is 17.3. The van der Waals surface area contributed by atoms with Crippen LogP contribution in [0.2, 0.25) is 0 Å². The van der Waals surface area contributed by atoms with Crippen molar-refractivity contribution < 1.29 is 14.4 Å². The van der Waals surface area contributed by atoms with E-state index in [0.717, 1.165) is 32.1 Å². The van der Waals surface area contributed by atoms with Crippen molar-refractivity contribution in [3.8, 4) is 0 Å². The van der Waals surface area contributed by atoms with Crippen molar-refractivity contribution in [1.29, 1.82) is 0 Å². The highest BCUT2D eigenvalue weighted by molar-refractivity contribution is 5.87. The molecule has 0 amide bonds. The molecule has 3 nitrogen and oxygen atoms in total. The lowest BCUT2D eigenvalue weighted by Gasteiger charge is -2.59. The van der Waals surface area contributed by atoms with Crippen molar-refractivity contribution in [3.05, 3.63) is 0 Å². The Morgan fingerprint density at radius 2 is 1.79 bits per heavy atom. The van der Waals surface area contributed by atoms with Gasteiger partial charge in [-0.3, -0.25) is 14.4 Å². The number of hydrogen-bond acceptors (Lipinski definition) is 3. The van der Waals surface area contributed by atoms with E-state index in [0.29, 0.717) is 48.6 Å². The molecule has 4 rings (SSSR count). The molecule has 7 atom stereocenters. The fourth-order valence-corrected chi connectivity index (χ4v) is 7.53. The molecule has 4 aliphatic rings. The Morgan fingerprint density at radius 1 is 1.04 bits per heavy atom. The zero-order valence-corrected chi connectivity index (χ0v) is 15.3. The topological polar surface area (TPSA) is 51.2 Å². The Balaban J connectivity index is 1.69. The number of carbonyl (C=O) groups is 3. The molecule has 4 aliphatic carbocycles. The lowest BCUT2D eigenvalue weighted by molar-refractivity contribution is -0.161. The molecule has 0 heterocycles. The number of fused-ring (bicyclic) bond motifs is 5. The van der Waals surface area contributed by atoms with Crippen LogP contribution >= 0.6 is 0 Å². The average molecular weight is 330 g/mol. The van der Waals surface area contributed by atoms with E-state index in [4.69, 9.17) is 0 Å². The third kappa shape index (κ3) is 2.05. The van der Waals surface area contributed by atoms with Gasteiger partial charge in [0.2, 0.25) is 0 Å². The molecule has 0 spiro atoms. The van der Waals surface area contributed by atoms with Gasteiger partial charge in [0.25, 0.3) is 0 Å². The number of carbonyl (C=O) groups excluding carboxylic acids is 3. The highest BCUT2D eigenvalue weighted by atomic mass is 16.1. The van der Waals surface area contributed by atoms with Gasteiger partial charge in [0.1, 0.15) is 17.3 Å². The maximum absolute atomic E-state index is 13.3. The van der Waals surface area contributed by atoms with Crippen molar-refractivity contribution in [3.63, 3.8) is 0 Å². The van der Waals surface area contributed by atoms with Gasteiger partial charge >= 0.3 is 0 Å². The fourth-order valence-electron chi connectivity index (χ4n) is 7.53. The Hall–Kier alpha value is -0.990. The lowest BCUT2D eigenvalue weighted by Crippen LogP contribution is -2.57. The highest BCUT2D eigenvalue weighted by Gasteiger charge is 2.63. The van der Waals surface area contributed by atoms with Crippen LogP contribution in [0.1, 0.15) is 72.1 Å². The van der Waals surface area contributed by atoms with Crippen LogP contribution in [0, 0.1) is 40.4 Å². The molecular formula is C21H30O3. The smallest absolute Gasteiger partial charge is 0.137 e. The van der Waals surface area contributed by atoms with E-state index in [-0.39, 0.29) is 28.4 Å². The van der Waals surface area contributed by atoms with Crippen LogP contribution in [-0.4, -0.2) is 17.3 Å². The largest absolute Gasteiger partial charge is 0.300 e. The number of rotatable bonds is 1. The Labute approximate surface area is 144 Å². The van der Waals surface area contributed by atoms with Gasteiger partial charge in [0.15, 0.2) is 0 Å². The summed E-state index contributed by atoms with van der Waals surface area (Å²) in [5, 5.41) is 0. The monoisotopic (exact) mass is 330 g/mol. The van der Waals surface area contributed by atoms with Gasteiger partial charge in [-0.2, -0.15) is 0 Å². The van der Waals surface area contributed by atoms with Crippen LogP contribution in [0.15, 0.2) is 0 Å². The molecule has 0 bridgehead atoms. The van der Waals surface area contributed by atoms with Crippen molar-refractivity contribution in [2.24, 2.45) is 40.4 Å². The molecule has 0 N–H and O–H groups in total. The first-order valence-electron chi connectivity index (χ1n) is 9.82. The van der Waals surface area contributed by atoms with Gasteiger partial charge in [-0.1, -0.05) is 13.8 Å². The molecule has 0 saturated heterocycles. The van der Waals surface area contributed by atoms with Gasteiger partial charge in [-0.25, -0.2) is 0 Å². The summed E-state index contributed by atoms with van der Waals surface area (Å²) in [6.45, 7) is 6.21. The van der Waals surface area contributed by atoms with E-state index >= 15 is 0 Å². The van der Waals surface area contributed by atoms with Crippen LogP contribution in [0.3, 0.4) is 0 Å². The van der Waals surface area contributed by atoms with Crippen molar-refractivity contribution in [2.45, 2.75) is 72.1 Å². The molecule has 132 valence electrons. The van der Waals surface area contributed by atoms with Crippen LogP contribution < -0.4 is 0 Å². The van der Waals surface area contributed by atoms with Crippen molar-refractivity contribution >= 4 is 17.3 Å². The van der Waals surface area contributed by atoms with Gasteiger partial charge < -0.3 is 0 Å². The summed E-state index contributed by atoms with van der Waals surface area (Å²) < 4.78 is 0. The first kappa shape index (κ1) is 16.5. The van der Waals surface area contributed by atoms with Crippen LogP contribution in [0.4, 0.5) is 0 Å². The van der Waals surface area contributed by atoms with E-state index in [2.05, 4.69) is 13.8 Å². The predicted octanol–water partition coefficient (Wildman–Crippen LogP) is 3.98. The quantitative estimate of drug-likeness (QED) is 0.730. The molecule has 0 aromatic heterocycles. The first-order chi connectivity index (χ1) is 11.3. The molecule has 0 unspecified atom stereocenters. The fraction of sp³-hybridized carbons (Fsp3) is 0.857. The number of hydrogen-bond donors (Lipinski definition) is 0. The van der Waals surface area contributed by atoms with Crippen LogP contribution in [0.5, 0.6) is 0 Å². The summed E-state index contributed by atoms with van der Waals surface area (Å²) in [5.41, 5.74) is -0.0959. The average Bonchev–Trinajstić information content (AvgIpc) is 2.84. The van der Waals surface area contributed by atoms with E-state index < -0.39 is 0 Å². The maximum Gasteiger partial charge on any atom is 0.137 e. The van der Waals surface area contributed by atoms with E-state index in [1.165, 1.54) is 0 Å². The maximum atomic E-state index is 13.3. The highest BCUT2D eigenvalue weighted by Crippen LogP contribution is 2.66. The molecular weight excluding hydrogens is 300 g/mol. The van der Waals surface area contributed by atoms with Crippen molar-refractivity contribution in [1.82, 2.24) is 0 Å². The molecule has 0 aromatic rings. The minimum Gasteiger partial charge on any atom is -0.300 e. The summed E-state index contributed by atoms with van der Waals surface area (Å²) >= 11 is 0. The summed E-state index contributed by atoms with van der Waals surface area (Å²) in [4.78, 5) is 37.4. The summed E-state index contributed by atoms with van der Waals surface area (Å²) in [6, 6.07) is 0. The van der Waals surface area contributed by atoms with E-state index in [1.807, 2.05) is 0 Å². The molecule has 0 aromatic carbocycles. The summed E-state index contributed by atoms with van der Waals surface area (Å²) in [6.07, 6.45) is 7.05. The summed E-state index contributed by atoms with van der Waals surface area (Å²) in [7, 11) is 0. The van der Waals surface area contributed by atoms with E-state index in [9.17, 15) is 14.4 Å². The Bertz CT molecular complexity index is 608. The Kier molecular flexibility index (Phi) is 3.61. The minimum atomic E-state index is -0.113. The minimum absolute atomic E-state index is 0.0174. The lowest BCUT2D eigenvalue weighted by atomic mass is 9.44. The van der Waals surface area contributed by atoms with E-state index in [1.54, 1.807) is 6.92 Å². The van der Waals surface area contributed by atoms with Crippen LogP contribution in [0.25, 0.3) is 0 Å². The second-order valence-electron chi connectivity index (χ2n) is 9.66. The number of ketones is 3. The molecule has 0 radical (unpaired) electrons. The second-order valence-corrected chi connectivity index (χ2v) is 9.66. The van der Waals surface area contributed by atoms with Gasteiger partial charge in [0.05, 0.1) is 0 Å². The standard InChI is InChI=1S/C21H30O3/c1-12(22)16-6-7-17-15-5-4-13-10-14(23)8-9-20(13,2)19(15)18(24)11-21(16,17)3/h13,15-17,19H,4-11H2,1-3H3/t13-,15+,16-,17+,19-,20-,21+/m0/s1. The summed E-state index contributed by atoms with van der Waals surface area (Å²) in [5.74, 6) is 2.63. The SMILES string of the molecule is CC(=O)[C@@H]1CC[C@@H]2[C@H]3CC[C@H]4CC(=O)CC[C@]4(C)[C@@H]3C(=O)C[C@@]21C. The third-order valence-corrected chi connectivity index (χ3v) is 8.66. The predicted molar refractivity (Wildman–Crippen MR) is 91.3 cm³/mol. The molecule has 3 heteroatoms. The molecule has 24 heavy (non-hydrogen) atoms. The van der Waals surface area contributed by atoms with Gasteiger partial charge in [-0.05, 0) is 67.6 Å². The third-order valence-electron chi connectivity index (χ3n) is 8.66. The molecule has 0 aliphatic heterocycles. The first-order valence-corrected chi connectivity index (χ1v) is 9.82. The zero-order valence-electron chi connectivity index (χ0n) is 15.3. The van der Waals surface area contributed by atoms with Gasteiger partial charge in [0, 0.05) is 31.1 Å². The normalized spacial score (nSPS) is 50.9. The molecule has 4 saturated carbocycles. The van der Waals surface area contributed by atoms with Gasteiger partial charge in [-0.15, -0.1) is 0 Å². The van der Waals surface area contributed by atoms with Crippen molar-refractivity contribution in [2.75, 3.05) is 0 Å². The number of Topliss-reactive ketones (excluding diaryl/α,β-unsaturated/α-hetero) is 3. The van der Waals surface area contributed by atoms with Crippen LogP contribution in [-0.2, 0) is 14.4 Å². The second kappa shape index (κ2) is 5.25. The Morgan fingerprint density at radius 3 is 2.50 bits per heavy atom. The molecule has 4 fully saturated rings.